The maximum atomic E-state index is 11.7. The largest absolute Gasteiger partial charge is 0.357 e. The van der Waals surface area contributed by atoms with Gasteiger partial charge in [0.05, 0.1) is 18.0 Å². The van der Waals surface area contributed by atoms with Crippen LogP contribution in [0.25, 0.3) is 0 Å². The average Bonchev–Trinajstić information content (AvgIpc) is 3.02. The Hall–Kier alpha value is -1.17. The van der Waals surface area contributed by atoms with Crippen molar-refractivity contribution in [3.8, 4) is 0 Å². The fourth-order valence-electron chi connectivity index (χ4n) is 2.15. The number of sulfonamides is 1. The highest BCUT2D eigenvalue weighted by Crippen LogP contribution is 2.15. The fourth-order valence-corrected chi connectivity index (χ4v) is 3.73. The van der Waals surface area contributed by atoms with Crippen molar-refractivity contribution in [3.05, 3.63) is 51.7 Å². The van der Waals surface area contributed by atoms with Crippen LogP contribution in [0.1, 0.15) is 22.9 Å². The summed E-state index contributed by atoms with van der Waals surface area (Å²) >= 11 is 1.72. The highest BCUT2D eigenvalue weighted by atomic mass is 127. The number of thiophene rings is 1. The third kappa shape index (κ3) is 6.53. The summed E-state index contributed by atoms with van der Waals surface area (Å²) in [6, 6.07) is 8.84. The number of nitrogens with zero attached hydrogens (tertiary/aromatic N) is 1. The third-order valence-electron chi connectivity index (χ3n) is 3.65. The quantitative estimate of drug-likeness (QED) is 0.305. The van der Waals surface area contributed by atoms with E-state index in [4.69, 9.17) is 0 Å². The first-order chi connectivity index (χ1) is 12.0. The smallest absolute Gasteiger partial charge is 0.240 e. The van der Waals surface area contributed by atoms with Gasteiger partial charge in [0.1, 0.15) is 0 Å². The number of guanidine groups is 1. The van der Waals surface area contributed by atoms with Gasteiger partial charge in [0.15, 0.2) is 5.96 Å². The molecular formula is C17H25IN4O2S2. The number of hydrogen-bond acceptors (Lipinski definition) is 4. The third-order valence-corrected chi connectivity index (χ3v) is 6.10. The number of nitrogens with one attached hydrogen (secondary N) is 3. The van der Waals surface area contributed by atoms with Gasteiger partial charge in [-0.15, -0.1) is 35.3 Å². The molecule has 0 amide bonds. The number of rotatable bonds is 7. The number of aryl methyl sites for hydroxylation is 1. The van der Waals surface area contributed by atoms with E-state index < -0.39 is 10.0 Å². The number of benzene rings is 1. The molecular weight excluding hydrogens is 483 g/mol. The van der Waals surface area contributed by atoms with Crippen LogP contribution in [0.15, 0.2) is 45.6 Å². The molecule has 0 aliphatic carbocycles. The maximum absolute atomic E-state index is 11.7. The molecule has 1 aromatic heterocycles. The molecule has 0 aliphatic rings. The van der Waals surface area contributed by atoms with Crippen molar-refractivity contribution in [2.24, 2.45) is 4.99 Å². The van der Waals surface area contributed by atoms with Gasteiger partial charge >= 0.3 is 0 Å². The number of aliphatic imine (C=N–C) groups is 1. The molecule has 0 aliphatic heterocycles. The van der Waals surface area contributed by atoms with Crippen LogP contribution < -0.4 is 15.4 Å². The van der Waals surface area contributed by atoms with Crippen molar-refractivity contribution in [2.75, 3.05) is 13.6 Å². The van der Waals surface area contributed by atoms with Crippen molar-refractivity contribution in [2.45, 2.75) is 31.8 Å². The zero-order chi connectivity index (χ0) is 18.3. The molecule has 0 fully saturated rings. The fraction of sp³-hybridized carbons (Fsp3) is 0.353. The lowest BCUT2D eigenvalue weighted by atomic mass is 10.2. The molecule has 0 bridgehead atoms. The molecule has 2 rings (SSSR count). The van der Waals surface area contributed by atoms with Gasteiger partial charge in [-0.05, 0) is 55.6 Å². The van der Waals surface area contributed by atoms with E-state index in [1.807, 2.05) is 6.92 Å². The second-order valence-electron chi connectivity index (χ2n) is 5.43. The van der Waals surface area contributed by atoms with E-state index in [0.717, 1.165) is 24.6 Å². The normalized spacial score (nSPS) is 11.7. The average molecular weight is 508 g/mol. The van der Waals surface area contributed by atoms with Crippen molar-refractivity contribution < 1.29 is 8.42 Å². The Morgan fingerprint density at radius 1 is 1.15 bits per heavy atom. The first-order valence-electron chi connectivity index (χ1n) is 8.04. The van der Waals surface area contributed by atoms with Crippen LogP contribution in [0.5, 0.6) is 0 Å². The van der Waals surface area contributed by atoms with Gasteiger partial charge in [0.2, 0.25) is 10.0 Å². The maximum Gasteiger partial charge on any atom is 0.240 e. The molecule has 0 saturated carbocycles. The second-order valence-corrected chi connectivity index (χ2v) is 8.31. The predicted octanol–water partition coefficient (Wildman–Crippen LogP) is 2.84. The van der Waals surface area contributed by atoms with E-state index in [1.165, 1.54) is 17.5 Å². The highest BCUT2D eigenvalue weighted by molar-refractivity contribution is 14.0. The molecule has 0 saturated heterocycles. The summed E-state index contributed by atoms with van der Waals surface area (Å²) in [7, 11) is -2.00. The minimum Gasteiger partial charge on any atom is -0.357 e. The molecule has 144 valence electrons. The summed E-state index contributed by atoms with van der Waals surface area (Å²) in [4.78, 5) is 6.09. The molecule has 0 atom stereocenters. The molecule has 0 unspecified atom stereocenters. The van der Waals surface area contributed by atoms with Gasteiger partial charge in [0.25, 0.3) is 0 Å². The van der Waals surface area contributed by atoms with E-state index in [0.29, 0.717) is 6.54 Å². The Balaban J connectivity index is 0.00000338. The van der Waals surface area contributed by atoms with Gasteiger partial charge in [-0.3, -0.25) is 0 Å². The van der Waals surface area contributed by atoms with E-state index in [2.05, 4.69) is 38.7 Å². The van der Waals surface area contributed by atoms with Crippen molar-refractivity contribution >= 4 is 51.3 Å². The Morgan fingerprint density at radius 2 is 1.85 bits per heavy atom. The van der Waals surface area contributed by atoms with Crippen LogP contribution in [-0.4, -0.2) is 28.0 Å². The molecule has 9 heteroatoms. The van der Waals surface area contributed by atoms with Gasteiger partial charge in [-0.1, -0.05) is 12.1 Å². The van der Waals surface area contributed by atoms with Gasteiger partial charge in [0, 0.05) is 11.4 Å². The number of halogens is 1. The van der Waals surface area contributed by atoms with Crippen LogP contribution in [0.4, 0.5) is 0 Å². The Bertz CT molecular complexity index is 818. The van der Waals surface area contributed by atoms with Crippen LogP contribution in [-0.2, 0) is 23.1 Å². The standard InChI is InChI=1S/C17H24N4O2S2.HI/c1-4-19-17(21-12-16-13(2)9-10-24-16)20-11-14-5-7-15(8-6-14)25(22,23)18-3;/h5-10,18H,4,11-12H2,1-3H3,(H2,19,20,21);1H. The van der Waals surface area contributed by atoms with Gasteiger partial charge < -0.3 is 10.6 Å². The first-order valence-corrected chi connectivity index (χ1v) is 10.4. The van der Waals surface area contributed by atoms with E-state index in [9.17, 15) is 8.42 Å². The summed E-state index contributed by atoms with van der Waals surface area (Å²) in [6.45, 7) is 6.09. The molecule has 1 aromatic carbocycles. The molecule has 3 N–H and O–H groups in total. The summed E-state index contributed by atoms with van der Waals surface area (Å²) in [5, 5.41) is 8.62. The van der Waals surface area contributed by atoms with Gasteiger partial charge in [-0.2, -0.15) is 0 Å². The Morgan fingerprint density at radius 3 is 2.38 bits per heavy atom. The molecule has 0 spiro atoms. The Kier molecular flexibility index (Phi) is 9.55. The van der Waals surface area contributed by atoms with Crippen LogP contribution in [0, 0.1) is 6.92 Å². The minimum absolute atomic E-state index is 0. The topological polar surface area (TPSA) is 82.6 Å². The molecule has 0 radical (unpaired) electrons. The Labute approximate surface area is 176 Å². The van der Waals surface area contributed by atoms with E-state index in [-0.39, 0.29) is 28.9 Å². The molecule has 26 heavy (non-hydrogen) atoms. The zero-order valence-corrected chi connectivity index (χ0v) is 19.0. The molecule has 6 nitrogen and oxygen atoms in total. The van der Waals surface area contributed by atoms with Crippen molar-refractivity contribution in [1.29, 1.82) is 0 Å². The minimum atomic E-state index is -3.40. The second kappa shape index (κ2) is 10.9. The summed E-state index contributed by atoms with van der Waals surface area (Å²) in [5.74, 6) is 0.738. The van der Waals surface area contributed by atoms with Crippen LogP contribution in [0.2, 0.25) is 0 Å². The lowest BCUT2D eigenvalue weighted by Gasteiger charge is -2.11. The lowest BCUT2D eigenvalue weighted by Crippen LogP contribution is -2.36. The summed E-state index contributed by atoms with van der Waals surface area (Å²) in [6.07, 6.45) is 0. The van der Waals surface area contributed by atoms with Crippen LogP contribution >= 0.6 is 35.3 Å². The van der Waals surface area contributed by atoms with E-state index >= 15 is 0 Å². The van der Waals surface area contributed by atoms with Crippen LogP contribution in [0.3, 0.4) is 0 Å². The van der Waals surface area contributed by atoms with Gasteiger partial charge in [-0.25, -0.2) is 18.1 Å². The lowest BCUT2D eigenvalue weighted by molar-refractivity contribution is 0.588. The zero-order valence-electron chi connectivity index (χ0n) is 15.1. The highest BCUT2D eigenvalue weighted by Gasteiger charge is 2.10. The summed E-state index contributed by atoms with van der Waals surface area (Å²) < 4.78 is 25.8. The predicted molar refractivity (Wildman–Crippen MR) is 119 cm³/mol. The van der Waals surface area contributed by atoms with Crippen molar-refractivity contribution in [3.63, 3.8) is 0 Å². The van der Waals surface area contributed by atoms with E-state index in [1.54, 1.807) is 35.6 Å². The number of hydrogen-bond donors (Lipinski definition) is 3. The molecule has 2 aromatic rings. The van der Waals surface area contributed by atoms with Crippen molar-refractivity contribution in [1.82, 2.24) is 15.4 Å². The monoisotopic (exact) mass is 508 g/mol. The molecule has 1 heterocycles. The SMILES string of the molecule is CCNC(=NCc1ccc(S(=O)(=O)NC)cc1)NCc1sccc1C.I. The first kappa shape index (κ1) is 22.9. The summed E-state index contributed by atoms with van der Waals surface area (Å²) in [5.41, 5.74) is 2.22.